The minimum Gasteiger partial charge on any atom is -0.447 e. The molecule has 1 atom stereocenters. The highest BCUT2D eigenvalue weighted by molar-refractivity contribution is 14.1. The summed E-state index contributed by atoms with van der Waals surface area (Å²) in [5, 5.41) is 0. The molecule has 2 amide bonds. The van der Waals surface area contributed by atoms with Crippen molar-refractivity contribution in [1.29, 1.82) is 0 Å². The quantitative estimate of drug-likeness (QED) is 0.547. The van der Waals surface area contributed by atoms with E-state index < -0.39 is 17.8 Å². The minimum absolute atomic E-state index is 0.215. The zero-order valence-electron chi connectivity index (χ0n) is 8.95. The van der Waals surface area contributed by atoms with Gasteiger partial charge in [0.1, 0.15) is 12.2 Å². The third-order valence-corrected chi connectivity index (χ3v) is 2.75. The van der Waals surface area contributed by atoms with Crippen molar-refractivity contribution >= 4 is 34.8 Å². The summed E-state index contributed by atoms with van der Waals surface area (Å²) in [5.74, 6) is 0. The Balaban J connectivity index is 2.69. The Morgan fingerprint density at radius 1 is 1.67 bits per heavy atom. The number of ether oxygens (including phenoxy) is 2. The predicted octanol–water partition coefficient (Wildman–Crippen LogP) is 2.18. The molecular formula is C9H14INO4. The Labute approximate surface area is 102 Å². The number of hydrogen-bond acceptors (Lipinski definition) is 4. The van der Waals surface area contributed by atoms with Gasteiger partial charge in [-0.2, -0.15) is 0 Å². The Morgan fingerprint density at radius 2 is 2.27 bits per heavy atom. The van der Waals surface area contributed by atoms with Gasteiger partial charge in [0.2, 0.25) is 0 Å². The van der Waals surface area contributed by atoms with E-state index in [4.69, 9.17) is 9.47 Å². The van der Waals surface area contributed by atoms with Crippen LogP contribution < -0.4 is 0 Å². The Kier molecular flexibility index (Phi) is 3.80. The molecule has 0 aromatic heterocycles. The summed E-state index contributed by atoms with van der Waals surface area (Å²) in [7, 11) is 0. The van der Waals surface area contributed by atoms with Gasteiger partial charge in [0, 0.05) is 4.43 Å². The fourth-order valence-corrected chi connectivity index (χ4v) is 1.76. The lowest BCUT2D eigenvalue weighted by Gasteiger charge is -2.24. The van der Waals surface area contributed by atoms with E-state index in [1.54, 1.807) is 20.8 Å². The number of imide groups is 1. The van der Waals surface area contributed by atoms with Crippen molar-refractivity contribution in [2.24, 2.45) is 0 Å². The second-order valence-electron chi connectivity index (χ2n) is 4.24. The van der Waals surface area contributed by atoms with Crippen molar-refractivity contribution in [2.45, 2.75) is 32.4 Å². The standard InChI is InChI=1S/C9H14INO4/c1-9(2,3)15-8(13)11-6(4-10)5-14-7(11)12/h6H,4-5H2,1-3H3. The molecule has 0 aliphatic carbocycles. The molecule has 1 heterocycles. The lowest BCUT2D eigenvalue weighted by Crippen LogP contribution is -2.43. The van der Waals surface area contributed by atoms with Crippen molar-refractivity contribution in [3.05, 3.63) is 0 Å². The van der Waals surface area contributed by atoms with Crippen LogP contribution in [-0.2, 0) is 9.47 Å². The molecule has 5 nitrogen and oxygen atoms in total. The number of hydrogen-bond donors (Lipinski definition) is 0. The van der Waals surface area contributed by atoms with Crippen LogP contribution in [0.1, 0.15) is 20.8 Å². The molecule has 0 radical (unpaired) electrons. The monoisotopic (exact) mass is 327 g/mol. The SMILES string of the molecule is CC(C)(C)OC(=O)N1C(=O)OCC1CI. The molecule has 0 N–H and O–H groups in total. The van der Waals surface area contributed by atoms with Crippen LogP contribution in [0.25, 0.3) is 0 Å². The summed E-state index contributed by atoms with van der Waals surface area (Å²) < 4.78 is 10.5. The van der Waals surface area contributed by atoms with Gasteiger partial charge >= 0.3 is 12.2 Å². The van der Waals surface area contributed by atoms with E-state index in [-0.39, 0.29) is 12.6 Å². The van der Waals surface area contributed by atoms with E-state index in [0.717, 1.165) is 4.90 Å². The van der Waals surface area contributed by atoms with Crippen LogP contribution in [0.4, 0.5) is 9.59 Å². The van der Waals surface area contributed by atoms with E-state index in [1.807, 2.05) is 0 Å². The third kappa shape index (κ3) is 3.22. The first-order chi connectivity index (χ1) is 6.85. The molecule has 0 aromatic rings. The lowest BCUT2D eigenvalue weighted by atomic mass is 10.2. The van der Waals surface area contributed by atoms with E-state index >= 15 is 0 Å². The van der Waals surface area contributed by atoms with Crippen LogP contribution in [0.5, 0.6) is 0 Å². The molecule has 0 aromatic carbocycles. The van der Waals surface area contributed by atoms with Crippen molar-refractivity contribution in [1.82, 2.24) is 4.90 Å². The van der Waals surface area contributed by atoms with Crippen LogP contribution in [0.15, 0.2) is 0 Å². The normalized spacial score (nSPS) is 21.5. The Bertz CT molecular complexity index is 274. The fourth-order valence-electron chi connectivity index (χ4n) is 1.11. The van der Waals surface area contributed by atoms with Crippen LogP contribution in [-0.4, -0.2) is 39.8 Å². The summed E-state index contributed by atoms with van der Waals surface area (Å²) in [5.41, 5.74) is -0.601. The van der Waals surface area contributed by atoms with Crippen molar-refractivity contribution in [3.63, 3.8) is 0 Å². The molecule has 0 spiro atoms. The number of amides is 2. The van der Waals surface area contributed by atoms with Gasteiger partial charge in [-0.05, 0) is 20.8 Å². The number of halogens is 1. The number of alkyl halides is 1. The summed E-state index contributed by atoms with van der Waals surface area (Å²) in [6.07, 6.45) is -1.25. The largest absolute Gasteiger partial charge is 0.447 e. The van der Waals surface area contributed by atoms with Crippen molar-refractivity contribution < 1.29 is 19.1 Å². The second-order valence-corrected chi connectivity index (χ2v) is 5.12. The maximum absolute atomic E-state index is 11.6. The fraction of sp³-hybridized carbons (Fsp3) is 0.778. The number of nitrogens with zero attached hydrogens (tertiary/aromatic N) is 1. The molecule has 1 aliphatic heterocycles. The van der Waals surface area contributed by atoms with Gasteiger partial charge < -0.3 is 9.47 Å². The molecule has 1 fully saturated rings. The Morgan fingerprint density at radius 3 is 2.73 bits per heavy atom. The first-order valence-corrected chi connectivity index (χ1v) is 6.12. The van der Waals surface area contributed by atoms with Gasteiger partial charge in [-0.3, -0.25) is 0 Å². The van der Waals surface area contributed by atoms with Crippen LogP contribution in [0.3, 0.4) is 0 Å². The number of carbonyl (C=O) groups is 2. The average molecular weight is 327 g/mol. The average Bonchev–Trinajstić information content (AvgIpc) is 2.43. The summed E-state index contributed by atoms with van der Waals surface area (Å²) in [6.45, 7) is 5.52. The van der Waals surface area contributed by atoms with Crippen molar-refractivity contribution in [3.8, 4) is 0 Å². The zero-order valence-corrected chi connectivity index (χ0v) is 11.1. The topological polar surface area (TPSA) is 55.8 Å². The molecule has 15 heavy (non-hydrogen) atoms. The highest BCUT2D eigenvalue weighted by Gasteiger charge is 2.39. The Hall–Kier alpha value is -0.530. The summed E-state index contributed by atoms with van der Waals surface area (Å²) in [6, 6.07) is -0.215. The van der Waals surface area contributed by atoms with Gasteiger partial charge in [-0.1, -0.05) is 22.6 Å². The first-order valence-electron chi connectivity index (χ1n) is 4.60. The number of carbonyl (C=O) groups excluding carboxylic acids is 2. The maximum atomic E-state index is 11.6. The number of cyclic esters (lactones) is 1. The highest BCUT2D eigenvalue weighted by Crippen LogP contribution is 2.18. The zero-order chi connectivity index (χ0) is 11.6. The van der Waals surface area contributed by atoms with E-state index in [2.05, 4.69) is 22.6 Å². The molecule has 0 saturated carbocycles. The summed E-state index contributed by atoms with van der Waals surface area (Å²) >= 11 is 2.10. The maximum Gasteiger partial charge on any atom is 0.420 e. The molecule has 1 aliphatic rings. The van der Waals surface area contributed by atoms with Crippen LogP contribution >= 0.6 is 22.6 Å². The van der Waals surface area contributed by atoms with Crippen molar-refractivity contribution in [2.75, 3.05) is 11.0 Å². The van der Waals surface area contributed by atoms with Gasteiger partial charge in [-0.25, -0.2) is 14.5 Å². The van der Waals surface area contributed by atoms with Gasteiger partial charge in [0.05, 0.1) is 6.04 Å². The molecular weight excluding hydrogens is 313 g/mol. The molecule has 1 saturated heterocycles. The predicted molar refractivity (Wildman–Crippen MR) is 62.1 cm³/mol. The molecule has 86 valence electrons. The first kappa shape index (κ1) is 12.5. The minimum atomic E-state index is -0.633. The molecule has 1 rings (SSSR count). The molecule has 6 heteroatoms. The van der Waals surface area contributed by atoms with E-state index in [9.17, 15) is 9.59 Å². The second kappa shape index (κ2) is 4.54. The number of rotatable bonds is 1. The summed E-state index contributed by atoms with van der Waals surface area (Å²) in [4.78, 5) is 24.0. The van der Waals surface area contributed by atoms with E-state index in [0.29, 0.717) is 4.43 Å². The molecule has 1 unspecified atom stereocenters. The third-order valence-electron chi connectivity index (χ3n) is 1.73. The van der Waals surface area contributed by atoms with Gasteiger partial charge in [-0.15, -0.1) is 0 Å². The van der Waals surface area contributed by atoms with Crippen LogP contribution in [0, 0.1) is 0 Å². The van der Waals surface area contributed by atoms with E-state index in [1.165, 1.54) is 0 Å². The highest BCUT2D eigenvalue weighted by atomic mass is 127. The smallest absolute Gasteiger partial charge is 0.420 e. The lowest BCUT2D eigenvalue weighted by molar-refractivity contribution is 0.0304. The van der Waals surface area contributed by atoms with Gasteiger partial charge in [0.25, 0.3) is 0 Å². The van der Waals surface area contributed by atoms with Gasteiger partial charge in [0.15, 0.2) is 0 Å². The van der Waals surface area contributed by atoms with Crippen LogP contribution in [0.2, 0.25) is 0 Å². The molecule has 0 bridgehead atoms.